The molecule has 0 aliphatic heterocycles. The second kappa shape index (κ2) is 7.32. The van der Waals surface area contributed by atoms with Gasteiger partial charge in [-0.3, -0.25) is 11.3 Å². The van der Waals surface area contributed by atoms with Gasteiger partial charge in [-0.1, -0.05) is 0 Å². The quantitative estimate of drug-likeness (QED) is 0.439. The van der Waals surface area contributed by atoms with E-state index in [9.17, 15) is 8.78 Å². The predicted molar refractivity (Wildman–Crippen MR) is 62.1 cm³/mol. The lowest BCUT2D eigenvalue weighted by Crippen LogP contribution is -2.28. The van der Waals surface area contributed by atoms with E-state index in [0.29, 0.717) is 25.2 Å². The summed E-state index contributed by atoms with van der Waals surface area (Å²) in [6.45, 7) is 3.20. The maximum atomic E-state index is 13.0. The van der Waals surface area contributed by atoms with Crippen LogP contribution in [0.2, 0.25) is 0 Å². The van der Waals surface area contributed by atoms with E-state index in [0.717, 1.165) is 12.5 Å². The van der Waals surface area contributed by atoms with Crippen LogP contribution in [-0.2, 0) is 4.74 Å². The molecule has 1 unspecified atom stereocenters. The van der Waals surface area contributed by atoms with E-state index >= 15 is 0 Å². The zero-order chi connectivity index (χ0) is 12.7. The van der Waals surface area contributed by atoms with Crippen LogP contribution < -0.4 is 11.3 Å². The van der Waals surface area contributed by atoms with Crippen molar-refractivity contribution >= 4 is 0 Å². The molecule has 3 N–H and O–H groups in total. The summed E-state index contributed by atoms with van der Waals surface area (Å²) in [5.74, 6) is 4.20. The molecule has 5 heteroatoms. The third kappa shape index (κ3) is 4.77. The van der Waals surface area contributed by atoms with E-state index in [-0.39, 0.29) is 6.04 Å². The Labute approximate surface area is 99.9 Å². The van der Waals surface area contributed by atoms with Crippen molar-refractivity contribution in [3.63, 3.8) is 0 Å². The van der Waals surface area contributed by atoms with Gasteiger partial charge in [0.05, 0.1) is 0 Å². The van der Waals surface area contributed by atoms with Crippen molar-refractivity contribution in [1.82, 2.24) is 5.43 Å². The molecule has 96 valence electrons. The van der Waals surface area contributed by atoms with Gasteiger partial charge in [-0.2, -0.15) is 0 Å². The predicted octanol–water partition coefficient (Wildman–Crippen LogP) is 2.29. The molecule has 0 radical (unpaired) electrons. The first-order chi connectivity index (χ1) is 8.17. The molecule has 0 aliphatic carbocycles. The minimum Gasteiger partial charge on any atom is -0.382 e. The fourth-order valence-electron chi connectivity index (χ4n) is 1.66. The van der Waals surface area contributed by atoms with Crippen LogP contribution in [0.5, 0.6) is 0 Å². The second-order valence-corrected chi connectivity index (χ2v) is 3.76. The van der Waals surface area contributed by atoms with Gasteiger partial charge >= 0.3 is 0 Å². The van der Waals surface area contributed by atoms with Crippen LogP contribution >= 0.6 is 0 Å². The molecule has 0 saturated carbocycles. The van der Waals surface area contributed by atoms with Crippen molar-refractivity contribution in [2.24, 2.45) is 5.84 Å². The summed E-state index contributed by atoms with van der Waals surface area (Å²) in [4.78, 5) is 0. The summed E-state index contributed by atoms with van der Waals surface area (Å²) in [7, 11) is 0. The van der Waals surface area contributed by atoms with E-state index < -0.39 is 11.6 Å². The zero-order valence-electron chi connectivity index (χ0n) is 9.88. The Kier molecular flexibility index (Phi) is 6.04. The van der Waals surface area contributed by atoms with Crippen LogP contribution in [0.1, 0.15) is 31.4 Å². The summed E-state index contributed by atoms with van der Waals surface area (Å²) in [6.07, 6.45) is 1.44. The average molecular weight is 244 g/mol. The number of hydrogen-bond donors (Lipinski definition) is 2. The molecule has 0 fully saturated rings. The number of hydrazine groups is 1. The summed E-state index contributed by atoms with van der Waals surface area (Å²) in [5.41, 5.74) is 3.08. The smallest absolute Gasteiger partial charge is 0.126 e. The third-order valence-electron chi connectivity index (χ3n) is 2.47. The van der Waals surface area contributed by atoms with Crippen molar-refractivity contribution < 1.29 is 13.5 Å². The first kappa shape index (κ1) is 14.0. The van der Waals surface area contributed by atoms with Gasteiger partial charge < -0.3 is 4.74 Å². The Morgan fingerprint density at radius 2 is 1.94 bits per heavy atom. The number of halogens is 2. The fourth-order valence-corrected chi connectivity index (χ4v) is 1.66. The van der Waals surface area contributed by atoms with Crippen molar-refractivity contribution in [3.8, 4) is 0 Å². The number of benzene rings is 1. The van der Waals surface area contributed by atoms with Crippen molar-refractivity contribution in [2.75, 3.05) is 13.2 Å². The summed E-state index contributed by atoms with van der Waals surface area (Å²) in [5, 5.41) is 0. The molecule has 0 spiro atoms. The van der Waals surface area contributed by atoms with Crippen LogP contribution in [0.3, 0.4) is 0 Å². The highest BCUT2D eigenvalue weighted by Crippen LogP contribution is 2.20. The van der Waals surface area contributed by atoms with E-state index in [2.05, 4.69) is 5.43 Å². The lowest BCUT2D eigenvalue weighted by molar-refractivity contribution is 0.141. The molecule has 3 nitrogen and oxygen atoms in total. The molecule has 0 heterocycles. The molecule has 0 saturated heterocycles. The van der Waals surface area contributed by atoms with Gasteiger partial charge in [-0.25, -0.2) is 8.78 Å². The Balaban J connectivity index is 2.59. The van der Waals surface area contributed by atoms with Crippen LogP contribution in [-0.4, -0.2) is 13.2 Å². The van der Waals surface area contributed by atoms with E-state index in [1.807, 2.05) is 6.92 Å². The summed E-state index contributed by atoms with van der Waals surface area (Å²) >= 11 is 0. The standard InChI is InChI=1S/C12H18F2N2O/c1-2-17-5-3-4-12(16-15)9-6-10(13)8-11(14)7-9/h6-8,12,16H,2-5,15H2,1H3. The van der Waals surface area contributed by atoms with Crippen molar-refractivity contribution in [2.45, 2.75) is 25.8 Å². The highest BCUT2D eigenvalue weighted by molar-refractivity contribution is 5.21. The molecule has 0 aliphatic rings. The first-order valence-corrected chi connectivity index (χ1v) is 5.67. The molecule has 0 bridgehead atoms. The minimum absolute atomic E-state index is 0.263. The number of nitrogens with one attached hydrogen (secondary N) is 1. The zero-order valence-corrected chi connectivity index (χ0v) is 9.88. The largest absolute Gasteiger partial charge is 0.382 e. The number of hydrogen-bond acceptors (Lipinski definition) is 3. The van der Waals surface area contributed by atoms with Crippen molar-refractivity contribution in [1.29, 1.82) is 0 Å². The SMILES string of the molecule is CCOCCCC(NN)c1cc(F)cc(F)c1. The van der Waals surface area contributed by atoms with Gasteiger partial charge in [0.2, 0.25) is 0 Å². The minimum atomic E-state index is -0.593. The Morgan fingerprint density at radius 3 is 2.47 bits per heavy atom. The van der Waals surface area contributed by atoms with E-state index in [4.69, 9.17) is 10.6 Å². The molecule has 0 aromatic heterocycles. The van der Waals surface area contributed by atoms with Gasteiger partial charge in [0, 0.05) is 25.3 Å². The summed E-state index contributed by atoms with van der Waals surface area (Å²) < 4.78 is 31.3. The van der Waals surface area contributed by atoms with Crippen molar-refractivity contribution in [3.05, 3.63) is 35.4 Å². The maximum absolute atomic E-state index is 13.0. The number of nitrogens with two attached hydrogens (primary N) is 1. The fraction of sp³-hybridized carbons (Fsp3) is 0.500. The maximum Gasteiger partial charge on any atom is 0.126 e. The molecule has 1 atom stereocenters. The number of rotatable bonds is 7. The lowest BCUT2D eigenvalue weighted by Gasteiger charge is -2.16. The highest BCUT2D eigenvalue weighted by Gasteiger charge is 2.11. The van der Waals surface area contributed by atoms with Gasteiger partial charge in [0.15, 0.2) is 0 Å². The molecular weight excluding hydrogens is 226 g/mol. The second-order valence-electron chi connectivity index (χ2n) is 3.76. The molecule has 1 aromatic carbocycles. The normalized spacial score (nSPS) is 12.7. The molecule has 1 aromatic rings. The van der Waals surface area contributed by atoms with E-state index in [1.165, 1.54) is 12.1 Å². The van der Waals surface area contributed by atoms with Crippen LogP contribution in [0.4, 0.5) is 8.78 Å². The van der Waals surface area contributed by atoms with Gasteiger partial charge in [0.25, 0.3) is 0 Å². The highest BCUT2D eigenvalue weighted by atomic mass is 19.1. The lowest BCUT2D eigenvalue weighted by atomic mass is 10.0. The monoisotopic (exact) mass is 244 g/mol. The van der Waals surface area contributed by atoms with Gasteiger partial charge in [-0.15, -0.1) is 0 Å². The molecule has 0 amide bonds. The molecule has 17 heavy (non-hydrogen) atoms. The van der Waals surface area contributed by atoms with Crippen LogP contribution in [0.25, 0.3) is 0 Å². The Hall–Kier alpha value is -1.04. The van der Waals surface area contributed by atoms with Gasteiger partial charge in [-0.05, 0) is 37.5 Å². The Bertz CT molecular complexity index is 327. The first-order valence-electron chi connectivity index (χ1n) is 5.67. The third-order valence-corrected chi connectivity index (χ3v) is 2.47. The number of ether oxygens (including phenoxy) is 1. The van der Waals surface area contributed by atoms with Gasteiger partial charge in [0.1, 0.15) is 11.6 Å². The molecule has 1 rings (SSSR count). The Morgan fingerprint density at radius 1 is 1.29 bits per heavy atom. The van der Waals surface area contributed by atoms with Crippen LogP contribution in [0, 0.1) is 11.6 Å². The topological polar surface area (TPSA) is 47.3 Å². The average Bonchev–Trinajstić information content (AvgIpc) is 2.28. The molecular formula is C12H18F2N2O. The van der Waals surface area contributed by atoms with Crippen LogP contribution in [0.15, 0.2) is 18.2 Å². The summed E-state index contributed by atoms with van der Waals surface area (Å²) in [6, 6.07) is 3.15. The van der Waals surface area contributed by atoms with E-state index in [1.54, 1.807) is 0 Å².